The van der Waals surface area contributed by atoms with Gasteiger partial charge in [-0.25, -0.2) is 4.39 Å². The normalized spacial score (nSPS) is 10.5. The Morgan fingerprint density at radius 1 is 1.16 bits per heavy atom. The predicted molar refractivity (Wildman–Crippen MR) is 71.4 cm³/mol. The van der Waals surface area contributed by atoms with Gasteiger partial charge in [-0.3, -0.25) is 4.79 Å². The van der Waals surface area contributed by atoms with Crippen LogP contribution in [-0.2, 0) is 0 Å². The Morgan fingerprint density at radius 2 is 1.79 bits per heavy atom. The Balaban J connectivity index is 2.37. The number of furan rings is 1. The summed E-state index contributed by atoms with van der Waals surface area (Å²) in [6, 6.07) is 7.56. The van der Waals surface area contributed by atoms with E-state index in [0.717, 1.165) is 0 Å². The van der Waals surface area contributed by atoms with Gasteiger partial charge in [-0.05, 0) is 44.2 Å². The molecule has 0 bridgehead atoms. The Kier molecular flexibility index (Phi) is 4.00. The second-order valence-corrected chi connectivity index (χ2v) is 4.15. The van der Waals surface area contributed by atoms with E-state index in [0.29, 0.717) is 30.0 Å². The third kappa shape index (κ3) is 2.67. The summed E-state index contributed by atoms with van der Waals surface area (Å²) in [6.07, 6.45) is 1.48. The van der Waals surface area contributed by atoms with Crippen molar-refractivity contribution in [1.29, 1.82) is 0 Å². The van der Waals surface area contributed by atoms with Crippen LogP contribution in [-0.4, -0.2) is 23.9 Å². The van der Waals surface area contributed by atoms with Gasteiger partial charge in [-0.1, -0.05) is 0 Å². The van der Waals surface area contributed by atoms with Crippen LogP contribution in [0.15, 0.2) is 41.0 Å². The van der Waals surface area contributed by atoms with Gasteiger partial charge in [0.2, 0.25) is 0 Å². The van der Waals surface area contributed by atoms with Crippen molar-refractivity contribution in [1.82, 2.24) is 4.90 Å². The Labute approximate surface area is 111 Å². The number of halogens is 1. The molecule has 0 saturated heterocycles. The molecular formula is C15H16FNO2. The van der Waals surface area contributed by atoms with Gasteiger partial charge >= 0.3 is 0 Å². The monoisotopic (exact) mass is 261 g/mol. The quantitative estimate of drug-likeness (QED) is 0.843. The van der Waals surface area contributed by atoms with Gasteiger partial charge in [0.25, 0.3) is 5.91 Å². The zero-order valence-corrected chi connectivity index (χ0v) is 11.0. The summed E-state index contributed by atoms with van der Waals surface area (Å²) in [5, 5.41) is 0. The van der Waals surface area contributed by atoms with Gasteiger partial charge in [0.15, 0.2) is 0 Å². The van der Waals surface area contributed by atoms with Crippen LogP contribution in [0.5, 0.6) is 0 Å². The molecule has 19 heavy (non-hydrogen) atoms. The largest absolute Gasteiger partial charge is 0.464 e. The van der Waals surface area contributed by atoms with E-state index in [-0.39, 0.29) is 11.7 Å². The van der Waals surface area contributed by atoms with E-state index in [1.54, 1.807) is 23.1 Å². The molecule has 2 aromatic rings. The molecule has 1 aromatic carbocycles. The number of carbonyl (C=O) groups excluding carboxylic acids is 1. The van der Waals surface area contributed by atoms with Crippen molar-refractivity contribution in [3.05, 3.63) is 48.0 Å². The summed E-state index contributed by atoms with van der Waals surface area (Å²) in [7, 11) is 0. The van der Waals surface area contributed by atoms with Gasteiger partial charge in [0, 0.05) is 18.7 Å². The van der Waals surface area contributed by atoms with Gasteiger partial charge in [-0.2, -0.15) is 0 Å². The molecule has 0 saturated carbocycles. The molecule has 1 amide bonds. The standard InChI is InChI=1S/C15H16FNO2/c1-3-17(4-2)15(18)13-9-10-19-14(13)11-5-7-12(16)8-6-11/h5-10H,3-4H2,1-2H3. The van der Waals surface area contributed by atoms with Crippen molar-refractivity contribution in [2.75, 3.05) is 13.1 Å². The van der Waals surface area contributed by atoms with Crippen molar-refractivity contribution in [2.24, 2.45) is 0 Å². The van der Waals surface area contributed by atoms with Crippen molar-refractivity contribution < 1.29 is 13.6 Å². The third-order valence-electron chi connectivity index (χ3n) is 3.05. The van der Waals surface area contributed by atoms with Crippen LogP contribution in [0.1, 0.15) is 24.2 Å². The molecule has 0 aliphatic heterocycles. The Hall–Kier alpha value is -2.10. The molecule has 3 nitrogen and oxygen atoms in total. The summed E-state index contributed by atoms with van der Waals surface area (Å²) in [6.45, 7) is 5.14. The van der Waals surface area contributed by atoms with E-state index >= 15 is 0 Å². The lowest BCUT2D eigenvalue weighted by atomic mass is 10.1. The third-order valence-corrected chi connectivity index (χ3v) is 3.05. The summed E-state index contributed by atoms with van der Waals surface area (Å²) in [5.74, 6) is 0.0990. The Bertz CT molecular complexity index is 556. The second kappa shape index (κ2) is 5.69. The maximum Gasteiger partial charge on any atom is 0.257 e. The van der Waals surface area contributed by atoms with Crippen LogP contribution in [0.2, 0.25) is 0 Å². The lowest BCUT2D eigenvalue weighted by Gasteiger charge is -2.18. The minimum Gasteiger partial charge on any atom is -0.464 e. The second-order valence-electron chi connectivity index (χ2n) is 4.15. The van der Waals surface area contributed by atoms with Crippen molar-refractivity contribution in [3.63, 3.8) is 0 Å². The van der Waals surface area contributed by atoms with Crippen LogP contribution in [0.3, 0.4) is 0 Å². The molecule has 0 radical (unpaired) electrons. The van der Waals surface area contributed by atoms with Crippen molar-refractivity contribution in [3.8, 4) is 11.3 Å². The number of carbonyl (C=O) groups is 1. The van der Waals surface area contributed by atoms with E-state index in [1.807, 2.05) is 13.8 Å². The fraction of sp³-hybridized carbons (Fsp3) is 0.267. The number of amides is 1. The van der Waals surface area contributed by atoms with E-state index in [2.05, 4.69) is 0 Å². The summed E-state index contributed by atoms with van der Waals surface area (Å²) < 4.78 is 18.3. The number of hydrogen-bond donors (Lipinski definition) is 0. The zero-order valence-electron chi connectivity index (χ0n) is 11.0. The molecular weight excluding hydrogens is 245 g/mol. The highest BCUT2D eigenvalue weighted by atomic mass is 19.1. The molecule has 4 heteroatoms. The first-order valence-corrected chi connectivity index (χ1v) is 6.30. The predicted octanol–water partition coefficient (Wildman–Crippen LogP) is 3.57. The molecule has 0 spiro atoms. The van der Waals surface area contributed by atoms with Gasteiger partial charge in [0.1, 0.15) is 11.6 Å². The van der Waals surface area contributed by atoms with E-state index in [4.69, 9.17) is 4.42 Å². The van der Waals surface area contributed by atoms with E-state index < -0.39 is 0 Å². The first-order chi connectivity index (χ1) is 9.17. The molecule has 100 valence electrons. The minimum absolute atomic E-state index is 0.0712. The molecule has 1 heterocycles. The highest BCUT2D eigenvalue weighted by Gasteiger charge is 2.19. The van der Waals surface area contributed by atoms with E-state index in [1.165, 1.54) is 18.4 Å². The summed E-state index contributed by atoms with van der Waals surface area (Å²) in [5.41, 5.74) is 1.21. The summed E-state index contributed by atoms with van der Waals surface area (Å²) >= 11 is 0. The van der Waals surface area contributed by atoms with Gasteiger partial charge in [-0.15, -0.1) is 0 Å². The molecule has 0 unspecified atom stereocenters. The maximum absolute atomic E-state index is 12.9. The van der Waals surface area contributed by atoms with E-state index in [9.17, 15) is 9.18 Å². The molecule has 0 fully saturated rings. The highest BCUT2D eigenvalue weighted by molar-refractivity contribution is 5.99. The molecule has 2 rings (SSSR count). The van der Waals surface area contributed by atoms with Crippen molar-refractivity contribution >= 4 is 5.91 Å². The first-order valence-electron chi connectivity index (χ1n) is 6.30. The number of rotatable bonds is 4. The minimum atomic E-state index is -0.313. The average molecular weight is 261 g/mol. The van der Waals surface area contributed by atoms with Gasteiger partial charge < -0.3 is 9.32 Å². The highest BCUT2D eigenvalue weighted by Crippen LogP contribution is 2.26. The van der Waals surface area contributed by atoms with Crippen molar-refractivity contribution in [2.45, 2.75) is 13.8 Å². The maximum atomic E-state index is 12.9. The molecule has 0 atom stereocenters. The fourth-order valence-corrected chi connectivity index (χ4v) is 1.98. The van der Waals surface area contributed by atoms with Crippen LogP contribution in [0.4, 0.5) is 4.39 Å². The lowest BCUT2D eigenvalue weighted by molar-refractivity contribution is 0.0773. The Morgan fingerprint density at radius 3 is 2.37 bits per heavy atom. The summed E-state index contributed by atoms with van der Waals surface area (Å²) in [4.78, 5) is 14.0. The topological polar surface area (TPSA) is 33.5 Å². The number of hydrogen-bond acceptors (Lipinski definition) is 2. The first kappa shape index (κ1) is 13.3. The number of nitrogens with zero attached hydrogens (tertiary/aromatic N) is 1. The number of benzene rings is 1. The average Bonchev–Trinajstić information content (AvgIpc) is 2.90. The molecule has 0 N–H and O–H groups in total. The van der Waals surface area contributed by atoms with Crippen LogP contribution in [0.25, 0.3) is 11.3 Å². The smallest absolute Gasteiger partial charge is 0.257 e. The molecule has 1 aromatic heterocycles. The van der Waals surface area contributed by atoms with Crippen LogP contribution >= 0.6 is 0 Å². The SMILES string of the molecule is CCN(CC)C(=O)c1ccoc1-c1ccc(F)cc1. The van der Waals surface area contributed by atoms with Crippen LogP contribution in [0, 0.1) is 5.82 Å². The lowest BCUT2D eigenvalue weighted by Crippen LogP contribution is -2.30. The van der Waals surface area contributed by atoms with Crippen LogP contribution < -0.4 is 0 Å². The fourth-order valence-electron chi connectivity index (χ4n) is 1.98. The van der Waals surface area contributed by atoms with Gasteiger partial charge in [0.05, 0.1) is 11.8 Å². The molecule has 0 aliphatic rings. The zero-order chi connectivity index (χ0) is 13.8. The molecule has 0 aliphatic carbocycles.